The van der Waals surface area contributed by atoms with Gasteiger partial charge in [0.05, 0.1) is 4.90 Å². The molecule has 0 aliphatic carbocycles. The number of hydrogen-bond acceptors (Lipinski definition) is 4. The molecule has 0 saturated carbocycles. The minimum Gasteiger partial charge on any atom is -0.486 e. The van der Waals surface area contributed by atoms with Crippen molar-refractivity contribution in [3.8, 4) is 11.5 Å². The molecule has 0 bridgehead atoms. The monoisotopic (exact) mass is 347 g/mol. The third kappa shape index (κ3) is 3.25. The van der Waals surface area contributed by atoms with Crippen LogP contribution in [0, 0.1) is 13.8 Å². The van der Waals surface area contributed by atoms with E-state index in [9.17, 15) is 8.42 Å². The molecule has 2 aromatic rings. The molecule has 5 nitrogen and oxygen atoms in total. The van der Waals surface area contributed by atoms with Crippen LogP contribution in [0.2, 0.25) is 0 Å². The van der Waals surface area contributed by atoms with Crippen molar-refractivity contribution < 1.29 is 17.9 Å². The minimum absolute atomic E-state index is 0.270. The first-order chi connectivity index (χ1) is 11.4. The lowest BCUT2D eigenvalue weighted by atomic mass is 10.1. The van der Waals surface area contributed by atoms with Crippen molar-refractivity contribution in [2.75, 3.05) is 20.3 Å². The van der Waals surface area contributed by atoms with Crippen LogP contribution in [0.15, 0.2) is 41.3 Å². The number of ether oxygens (including phenoxy) is 2. The standard InChI is InChI=1S/C18H21NO4S/c1-13-4-6-16(10-14(13)2)24(20,21)19(3)12-15-5-7-17-18(11-15)23-9-8-22-17/h4-7,10-11H,8-9,12H2,1-3H3. The van der Waals surface area contributed by atoms with Gasteiger partial charge in [0.15, 0.2) is 11.5 Å². The molecule has 1 aliphatic heterocycles. The average molecular weight is 347 g/mol. The van der Waals surface area contributed by atoms with E-state index in [2.05, 4.69) is 0 Å². The van der Waals surface area contributed by atoms with E-state index in [0.717, 1.165) is 16.7 Å². The summed E-state index contributed by atoms with van der Waals surface area (Å²) >= 11 is 0. The van der Waals surface area contributed by atoms with Gasteiger partial charge in [-0.2, -0.15) is 4.31 Å². The van der Waals surface area contributed by atoms with Crippen molar-refractivity contribution in [1.29, 1.82) is 0 Å². The van der Waals surface area contributed by atoms with Gasteiger partial charge >= 0.3 is 0 Å². The van der Waals surface area contributed by atoms with Crippen LogP contribution in [0.5, 0.6) is 11.5 Å². The Bertz CT molecular complexity index is 861. The van der Waals surface area contributed by atoms with Crippen LogP contribution in [0.1, 0.15) is 16.7 Å². The predicted octanol–water partition coefficient (Wildman–Crippen LogP) is 2.90. The molecule has 0 unspecified atom stereocenters. The Morgan fingerprint density at radius 2 is 1.67 bits per heavy atom. The summed E-state index contributed by atoms with van der Waals surface area (Å²) in [7, 11) is -1.95. The first-order valence-electron chi connectivity index (χ1n) is 7.80. The van der Waals surface area contributed by atoms with E-state index in [-0.39, 0.29) is 6.54 Å². The first-order valence-corrected chi connectivity index (χ1v) is 9.24. The summed E-state index contributed by atoms with van der Waals surface area (Å²) in [4.78, 5) is 0.311. The van der Waals surface area contributed by atoms with Gasteiger partial charge in [-0.25, -0.2) is 8.42 Å². The lowest BCUT2D eigenvalue weighted by Gasteiger charge is -2.21. The van der Waals surface area contributed by atoms with Gasteiger partial charge in [0.1, 0.15) is 13.2 Å². The molecule has 6 heteroatoms. The summed E-state index contributed by atoms with van der Waals surface area (Å²) in [6.07, 6.45) is 0. The van der Waals surface area contributed by atoms with E-state index in [0.29, 0.717) is 29.6 Å². The maximum Gasteiger partial charge on any atom is 0.243 e. The van der Waals surface area contributed by atoms with Crippen LogP contribution in [0.25, 0.3) is 0 Å². The number of benzene rings is 2. The second-order valence-corrected chi connectivity index (χ2v) is 8.03. The van der Waals surface area contributed by atoms with Crippen molar-refractivity contribution >= 4 is 10.0 Å². The highest BCUT2D eigenvalue weighted by Crippen LogP contribution is 2.31. The molecule has 3 rings (SSSR count). The Balaban J connectivity index is 1.83. The highest BCUT2D eigenvalue weighted by Gasteiger charge is 2.22. The molecule has 1 aliphatic rings. The fourth-order valence-corrected chi connectivity index (χ4v) is 3.83. The van der Waals surface area contributed by atoms with Gasteiger partial charge in [-0.1, -0.05) is 12.1 Å². The number of nitrogens with zero attached hydrogens (tertiary/aromatic N) is 1. The molecule has 0 fully saturated rings. The van der Waals surface area contributed by atoms with Crippen LogP contribution in [-0.4, -0.2) is 33.0 Å². The van der Waals surface area contributed by atoms with E-state index in [1.165, 1.54) is 4.31 Å². The number of aryl methyl sites for hydroxylation is 2. The van der Waals surface area contributed by atoms with Gasteiger partial charge in [0, 0.05) is 13.6 Å². The number of rotatable bonds is 4. The van der Waals surface area contributed by atoms with Crippen molar-refractivity contribution in [3.05, 3.63) is 53.1 Å². The van der Waals surface area contributed by atoms with Crippen molar-refractivity contribution in [2.24, 2.45) is 0 Å². The first kappa shape index (κ1) is 16.8. The molecule has 24 heavy (non-hydrogen) atoms. The Morgan fingerprint density at radius 3 is 2.38 bits per heavy atom. The molecular weight excluding hydrogens is 326 g/mol. The van der Waals surface area contributed by atoms with E-state index in [1.54, 1.807) is 19.2 Å². The lowest BCUT2D eigenvalue weighted by Crippen LogP contribution is -2.26. The molecule has 0 atom stereocenters. The quantitative estimate of drug-likeness (QED) is 0.853. The number of hydrogen-bond donors (Lipinski definition) is 0. The van der Waals surface area contributed by atoms with Crippen LogP contribution >= 0.6 is 0 Å². The Hall–Kier alpha value is -2.05. The van der Waals surface area contributed by atoms with Gasteiger partial charge < -0.3 is 9.47 Å². The number of fused-ring (bicyclic) bond motifs is 1. The zero-order chi connectivity index (χ0) is 17.3. The third-order valence-corrected chi connectivity index (χ3v) is 6.00. The predicted molar refractivity (Wildman–Crippen MR) is 92.0 cm³/mol. The Kier molecular flexibility index (Phi) is 4.51. The molecule has 0 amide bonds. The van der Waals surface area contributed by atoms with Gasteiger partial charge in [-0.15, -0.1) is 0 Å². The van der Waals surface area contributed by atoms with Crippen molar-refractivity contribution in [3.63, 3.8) is 0 Å². The van der Waals surface area contributed by atoms with E-state index in [1.807, 2.05) is 38.1 Å². The second-order valence-electron chi connectivity index (χ2n) is 5.99. The minimum atomic E-state index is -3.54. The fourth-order valence-electron chi connectivity index (χ4n) is 2.58. The zero-order valence-corrected chi connectivity index (χ0v) is 14.9. The van der Waals surface area contributed by atoms with Crippen LogP contribution in [0.3, 0.4) is 0 Å². The molecule has 0 radical (unpaired) electrons. The molecule has 0 spiro atoms. The topological polar surface area (TPSA) is 55.8 Å². The fraction of sp³-hybridized carbons (Fsp3) is 0.333. The van der Waals surface area contributed by atoms with Crippen LogP contribution in [0.4, 0.5) is 0 Å². The average Bonchev–Trinajstić information content (AvgIpc) is 2.57. The normalized spacial score (nSPS) is 14.0. The summed E-state index contributed by atoms with van der Waals surface area (Å²) in [6, 6.07) is 10.7. The summed E-state index contributed by atoms with van der Waals surface area (Å²) in [5.41, 5.74) is 2.89. The highest BCUT2D eigenvalue weighted by atomic mass is 32.2. The van der Waals surface area contributed by atoms with Gasteiger partial charge in [0.2, 0.25) is 10.0 Å². The molecule has 1 heterocycles. The molecule has 0 N–H and O–H groups in total. The highest BCUT2D eigenvalue weighted by molar-refractivity contribution is 7.89. The summed E-state index contributed by atoms with van der Waals surface area (Å²) in [5, 5.41) is 0. The molecule has 128 valence electrons. The lowest BCUT2D eigenvalue weighted by molar-refractivity contribution is 0.171. The summed E-state index contributed by atoms with van der Waals surface area (Å²) in [5.74, 6) is 1.36. The van der Waals surface area contributed by atoms with E-state index in [4.69, 9.17) is 9.47 Å². The Morgan fingerprint density at radius 1 is 0.958 bits per heavy atom. The SMILES string of the molecule is Cc1ccc(S(=O)(=O)N(C)Cc2ccc3c(c2)OCCO3)cc1C. The van der Waals surface area contributed by atoms with E-state index < -0.39 is 10.0 Å². The maximum absolute atomic E-state index is 12.8. The van der Waals surface area contributed by atoms with Crippen molar-refractivity contribution in [2.45, 2.75) is 25.3 Å². The molecule has 0 saturated heterocycles. The molecule has 2 aromatic carbocycles. The zero-order valence-electron chi connectivity index (χ0n) is 14.1. The summed E-state index contributed by atoms with van der Waals surface area (Å²) < 4.78 is 37.9. The van der Waals surface area contributed by atoms with Gasteiger partial charge in [0.25, 0.3) is 0 Å². The van der Waals surface area contributed by atoms with Gasteiger partial charge in [-0.3, -0.25) is 0 Å². The van der Waals surface area contributed by atoms with E-state index >= 15 is 0 Å². The second kappa shape index (κ2) is 6.45. The van der Waals surface area contributed by atoms with Crippen LogP contribution < -0.4 is 9.47 Å². The smallest absolute Gasteiger partial charge is 0.243 e. The summed E-state index contributed by atoms with van der Waals surface area (Å²) in [6.45, 7) is 5.19. The number of sulfonamides is 1. The molecule has 0 aromatic heterocycles. The largest absolute Gasteiger partial charge is 0.486 e. The van der Waals surface area contributed by atoms with Crippen LogP contribution in [-0.2, 0) is 16.6 Å². The molecular formula is C18H21NO4S. The maximum atomic E-state index is 12.8. The third-order valence-electron chi connectivity index (χ3n) is 4.20. The van der Waals surface area contributed by atoms with Crippen molar-refractivity contribution in [1.82, 2.24) is 4.31 Å². The van der Waals surface area contributed by atoms with Gasteiger partial charge in [-0.05, 0) is 54.8 Å². The Labute approximate surface area is 142 Å².